The van der Waals surface area contributed by atoms with Crippen molar-refractivity contribution >= 4 is 11.5 Å². The first-order valence-corrected chi connectivity index (χ1v) is 6.95. The van der Waals surface area contributed by atoms with Gasteiger partial charge in [0.15, 0.2) is 0 Å². The van der Waals surface area contributed by atoms with Crippen LogP contribution in [-0.4, -0.2) is 18.1 Å². The van der Waals surface area contributed by atoms with E-state index in [0.29, 0.717) is 12.2 Å². The summed E-state index contributed by atoms with van der Waals surface area (Å²) >= 11 is 0. The zero-order valence-corrected chi connectivity index (χ0v) is 11.9. The number of halogens is 1. The van der Waals surface area contributed by atoms with Gasteiger partial charge in [0, 0.05) is 13.1 Å². The van der Waals surface area contributed by atoms with Crippen LogP contribution in [0.2, 0.25) is 0 Å². The molecule has 1 aromatic heterocycles. The number of benzene rings is 1. The number of aromatic nitrogens is 1. The Kier molecular flexibility index (Phi) is 5.07. The van der Waals surface area contributed by atoms with E-state index in [1.807, 2.05) is 36.1 Å². The van der Waals surface area contributed by atoms with Crippen LogP contribution in [0.4, 0.5) is 15.9 Å². The Balaban J connectivity index is 2.30. The van der Waals surface area contributed by atoms with Crippen LogP contribution < -0.4 is 10.2 Å². The number of pyridine rings is 1. The number of rotatable bonds is 6. The fraction of sp³-hybridized carbons (Fsp3) is 0.312. The molecule has 1 aromatic carbocycles. The van der Waals surface area contributed by atoms with Crippen molar-refractivity contribution in [3.8, 4) is 0 Å². The van der Waals surface area contributed by atoms with E-state index in [1.165, 1.54) is 6.07 Å². The lowest BCUT2D eigenvalue weighted by molar-refractivity contribution is 0.625. The minimum absolute atomic E-state index is 0.228. The van der Waals surface area contributed by atoms with Crippen molar-refractivity contribution in [2.75, 3.05) is 18.0 Å². The Morgan fingerprint density at radius 3 is 2.60 bits per heavy atom. The third-order valence-corrected chi connectivity index (χ3v) is 3.08. The van der Waals surface area contributed by atoms with Gasteiger partial charge in [0.1, 0.15) is 11.6 Å². The van der Waals surface area contributed by atoms with E-state index in [-0.39, 0.29) is 5.82 Å². The van der Waals surface area contributed by atoms with Gasteiger partial charge in [-0.25, -0.2) is 9.37 Å². The molecule has 2 aromatic rings. The molecule has 0 amide bonds. The second kappa shape index (κ2) is 7.01. The standard InChI is InChI=1S/C16H20FN3/c1-3-18-12-13-8-7-11-16(19-13)20(4-2)15-10-6-5-9-14(15)17/h5-11,18H,3-4,12H2,1-2H3. The normalized spacial score (nSPS) is 10.6. The average molecular weight is 273 g/mol. The maximum absolute atomic E-state index is 13.9. The van der Waals surface area contributed by atoms with Crippen LogP contribution in [-0.2, 0) is 6.54 Å². The van der Waals surface area contributed by atoms with Crippen LogP contribution in [0.1, 0.15) is 19.5 Å². The van der Waals surface area contributed by atoms with Gasteiger partial charge in [-0.2, -0.15) is 0 Å². The Hall–Kier alpha value is -1.94. The van der Waals surface area contributed by atoms with E-state index in [2.05, 4.69) is 17.2 Å². The number of hydrogen-bond acceptors (Lipinski definition) is 3. The van der Waals surface area contributed by atoms with Crippen molar-refractivity contribution in [2.45, 2.75) is 20.4 Å². The van der Waals surface area contributed by atoms with E-state index in [4.69, 9.17) is 0 Å². The Morgan fingerprint density at radius 2 is 1.90 bits per heavy atom. The smallest absolute Gasteiger partial charge is 0.146 e. The first-order valence-electron chi connectivity index (χ1n) is 6.95. The molecule has 0 saturated heterocycles. The molecule has 4 heteroatoms. The average Bonchev–Trinajstić information content (AvgIpc) is 2.48. The lowest BCUT2D eigenvalue weighted by Crippen LogP contribution is -2.20. The fourth-order valence-electron chi connectivity index (χ4n) is 2.10. The molecule has 0 unspecified atom stereocenters. The minimum Gasteiger partial charge on any atom is -0.324 e. The van der Waals surface area contributed by atoms with Gasteiger partial charge in [0.25, 0.3) is 0 Å². The molecule has 0 saturated carbocycles. The molecule has 0 aliphatic rings. The van der Waals surface area contributed by atoms with Gasteiger partial charge in [0.2, 0.25) is 0 Å². The van der Waals surface area contributed by atoms with E-state index in [0.717, 1.165) is 24.6 Å². The predicted octanol–water partition coefficient (Wildman–Crippen LogP) is 3.49. The summed E-state index contributed by atoms with van der Waals surface area (Å²) in [6, 6.07) is 12.6. The molecule has 3 nitrogen and oxygen atoms in total. The molecule has 0 spiro atoms. The van der Waals surface area contributed by atoms with Gasteiger partial charge in [-0.05, 0) is 37.7 Å². The molecule has 0 bridgehead atoms. The molecule has 106 valence electrons. The summed E-state index contributed by atoms with van der Waals surface area (Å²) in [5.41, 5.74) is 1.52. The van der Waals surface area contributed by atoms with Gasteiger partial charge in [-0.15, -0.1) is 0 Å². The molecule has 0 aliphatic heterocycles. The molecule has 0 aliphatic carbocycles. The Labute approximate surface area is 119 Å². The molecule has 0 atom stereocenters. The quantitative estimate of drug-likeness (QED) is 0.873. The number of nitrogens with zero attached hydrogens (tertiary/aromatic N) is 2. The van der Waals surface area contributed by atoms with Gasteiger partial charge >= 0.3 is 0 Å². The second-order valence-electron chi connectivity index (χ2n) is 4.46. The molecule has 1 heterocycles. The van der Waals surface area contributed by atoms with Gasteiger partial charge in [-0.3, -0.25) is 0 Å². The Morgan fingerprint density at radius 1 is 1.10 bits per heavy atom. The first-order chi connectivity index (χ1) is 9.76. The summed E-state index contributed by atoms with van der Waals surface area (Å²) in [5.74, 6) is 0.543. The maximum atomic E-state index is 13.9. The largest absolute Gasteiger partial charge is 0.324 e. The van der Waals surface area contributed by atoms with E-state index in [9.17, 15) is 4.39 Å². The fourth-order valence-corrected chi connectivity index (χ4v) is 2.10. The summed E-state index contributed by atoms with van der Waals surface area (Å²) in [7, 11) is 0. The Bertz CT molecular complexity index is 557. The first kappa shape index (κ1) is 14.5. The van der Waals surface area contributed by atoms with Gasteiger partial charge in [0.05, 0.1) is 11.4 Å². The second-order valence-corrected chi connectivity index (χ2v) is 4.46. The van der Waals surface area contributed by atoms with E-state index >= 15 is 0 Å². The molecular formula is C16H20FN3. The van der Waals surface area contributed by atoms with Crippen molar-refractivity contribution in [3.63, 3.8) is 0 Å². The van der Waals surface area contributed by atoms with E-state index in [1.54, 1.807) is 12.1 Å². The van der Waals surface area contributed by atoms with Crippen LogP contribution >= 0.6 is 0 Å². The lowest BCUT2D eigenvalue weighted by Gasteiger charge is -2.23. The van der Waals surface area contributed by atoms with Crippen molar-refractivity contribution < 1.29 is 4.39 Å². The highest BCUT2D eigenvalue weighted by Gasteiger charge is 2.12. The van der Waals surface area contributed by atoms with Gasteiger partial charge < -0.3 is 10.2 Å². The minimum atomic E-state index is -0.228. The lowest BCUT2D eigenvalue weighted by atomic mass is 10.2. The van der Waals surface area contributed by atoms with Crippen LogP contribution in [0.25, 0.3) is 0 Å². The monoisotopic (exact) mass is 273 g/mol. The van der Waals surface area contributed by atoms with Crippen molar-refractivity contribution in [1.82, 2.24) is 10.3 Å². The van der Waals surface area contributed by atoms with Gasteiger partial charge in [-0.1, -0.05) is 25.1 Å². The van der Waals surface area contributed by atoms with Crippen LogP contribution in [0.5, 0.6) is 0 Å². The zero-order valence-electron chi connectivity index (χ0n) is 11.9. The molecule has 1 N–H and O–H groups in total. The van der Waals surface area contributed by atoms with E-state index < -0.39 is 0 Å². The third-order valence-electron chi connectivity index (χ3n) is 3.08. The summed E-state index contributed by atoms with van der Waals surface area (Å²) in [4.78, 5) is 6.48. The molecule has 2 rings (SSSR count). The number of anilines is 2. The molecule has 20 heavy (non-hydrogen) atoms. The highest BCUT2D eigenvalue weighted by atomic mass is 19.1. The molecular weight excluding hydrogens is 253 g/mol. The SMILES string of the molecule is CCNCc1cccc(N(CC)c2ccccc2F)n1. The third kappa shape index (κ3) is 3.33. The predicted molar refractivity (Wildman–Crippen MR) is 80.7 cm³/mol. The van der Waals surface area contributed by atoms with Crippen LogP contribution in [0.15, 0.2) is 42.5 Å². The summed E-state index contributed by atoms with van der Waals surface area (Å²) in [5, 5.41) is 3.24. The van der Waals surface area contributed by atoms with Crippen LogP contribution in [0.3, 0.4) is 0 Å². The van der Waals surface area contributed by atoms with Crippen molar-refractivity contribution in [2.24, 2.45) is 0 Å². The summed E-state index contributed by atoms with van der Waals surface area (Å²) in [6.07, 6.45) is 0. The van der Waals surface area contributed by atoms with Crippen molar-refractivity contribution in [1.29, 1.82) is 0 Å². The molecule has 0 fully saturated rings. The zero-order chi connectivity index (χ0) is 14.4. The summed E-state index contributed by atoms with van der Waals surface area (Å²) < 4.78 is 13.9. The van der Waals surface area contributed by atoms with Crippen molar-refractivity contribution in [3.05, 3.63) is 54.0 Å². The highest BCUT2D eigenvalue weighted by molar-refractivity contribution is 5.60. The number of hydrogen-bond donors (Lipinski definition) is 1. The maximum Gasteiger partial charge on any atom is 0.146 e. The van der Waals surface area contributed by atoms with Crippen LogP contribution in [0, 0.1) is 5.82 Å². The summed E-state index contributed by atoms with van der Waals surface area (Å²) in [6.45, 7) is 6.33. The number of nitrogens with one attached hydrogen (secondary N) is 1. The highest BCUT2D eigenvalue weighted by Crippen LogP contribution is 2.25. The topological polar surface area (TPSA) is 28.2 Å². The number of para-hydroxylation sites is 1. The molecule has 0 radical (unpaired) electrons.